The second kappa shape index (κ2) is 8.39. The molecule has 0 amide bonds. The van der Waals surface area contributed by atoms with Gasteiger partial charge in [-0.2, -0.15) is 0 Å². The molecule has 0 saturated heterocycles. The molecule has 0 aromatic heterocycles. The van der Waals surface area contributed by atoms with E-state index in [0.717, 1.165) is 6.42 Å². The van der Waals surface area contributed by atoms with Crippen molar-refractivity contribution in [3.05, 3.63) is 28.8 Å². The summed E-state index contributed by atoms with van der Waals surface area (Å²) in [6.07, 6.45) is 4.72. The van der Waals surface area contributed by atoms with E-state index in [4.69, 9.17) is 17.3 Å². The maximum Gasteiger partial charge on any atom is 0.0635 e. The number of nitrogens with two attached hydrogens (primary N) is 1. The predicted molar refractivity (Wildman–Crippen MR) is 81.2 cm³/mol. The third-order valence-corrected chi connectivity index (χ3v) is 3.42. The van der Waals surface area contributed by atoms with E-state index in [-0.39, 0.29) is 0 Å². The lowest BCUT2D eigenvalue weighted by Gasteiger charge is -2.20. The van der Waals surface area contributed by atoms with Crippen molar-refractivity contribution in [3.63, 3.8) is 0 Å². The minimum absolute atomic E-state index is 0.650. The first-order chi connectivity index (χ1) is 8.67. The van der Waals surface area contributed by atoms with Gasteiger partial charge in [0, 0.05) is 0 Å². The van der Waals surface area contributed by atoms with E-state index >= 15 is 0 Å². The third-order valence-electron chi connectivity index (χ3n) is 3.08. The highest BCUT2D eigenvalue weighted by atomic mass is 35.5. The minimum Gasteiger partial charge on any atom is -0.398 e. The van der Waals surface area contributed by atoms with Crippen LogP contribution in [0.1, 0.15) is 38.7 Å². The number of hydrogen-bond donors (Lipinski definition) is 1. The van der Waals surface area contributed by atoms with Crippen molar-refractivity contribution in [2.75, 3.05) is 25.4 Å². The number of aryl methyl sites for hydroxylation is 1. The lowest BCUT2D eigenvalue weighted by atomic mass is 10.1. The van der Waals surface area contributed by atoms with Gasteiger partial charge in [0.2, 0.25) is 0 Å². The van der Waals surface area contributed by atoms with Crippen LogP contribution >= 0.6 is 11.6 Å². The summed E-state index contributed by atoms with van der Waals surface area (Å²) in [5.41, 5.74) is 7.78. The average molecular weight is 269 g/mol. The molecule has 1 rings (SSSR count). The number of nitrogen functional groups attached to an aromatic ring is 1. The van der Waals surface area contributed by atoms with Crippen LogP contribution < -0.4 is 5.73 Å². The molecule has 102 valence electrons. The van der Waals surface area contributed by atoms with Crippen LogP contribution in [-0.4, -0.2) is 24.5 Å². The van der Waals surface area contributed by atoms with Gasteiger partial charge >= 0.3 is 0 Å². The number of nitrogens with zero attached hydrogens (tertiary/aromatic N) is 1. The molecule has 1 aromatic rings. The number of halogens is 1. The van der Waals surface area contributed by atoms with Crippen LogP contribution in [0.15, 0.2) is 18.2 Å². The number of hydrogen-bond acceptors (Lipinski definition) is 2. The molecule has 2 N–H and O–H groups in total. The summed E-state index contributed by atoms with van der Waals surface area (Å²) in [5.74, 6) is 0. The Balaban J connectivity index is 2.37. The standard InChI is InChI=1S/C15H25ClN2/c1-3-9-18(10-4-2)11-5-6-13-7-8-14(16)15(17)12-13/h7-8,12H,3-6,9-11,17H2,1-2H3. The van der Waals surface area contributed by atoms with Gasteiger partial charge < -0.3 is 10.6 Å². The Labute approximate surface area is 116 Å². The molecule has 0 saturated carbocycles. The Morgan fingerprint density at radius 3 is 2.33 bits per heavy atom. The van der Waals surface area contributed by atoms with E-state index in [0.29, 0.717) is 10.7 Å². The highest BCUT2D eigenvalue weighted by Crippen LogP contribution is 2.20. The summed E-state index contributed by atoms with van der Waals surface area (Å²) in [6.45, 7) is 8.06. The first-order valence-electron chi connectivity index (χ1n) is 6.93. The smallest absolute Gasteiger partial charge is 0.0635 e. The Kier molecular flexibility index (Phi) is 7.14. The molecule has 0 atom stereocenters. The van der Waals surface area contributed by atoms with E-state index in [2.05, 4.69) is 24.8 Å². The van der Waals surface area contributed by atoms with E-state index in [1.165, 1.54) is 44.5 Å². The van der Waals surface area contributed by atoms with Crippen molar-refractivity contribution in [2.45, 2.75) is 39.5 Å². The molecule has 0 spiro atoms. The summed E-state index contributed by atoms with van der Waals surface area (Å²) in [7, 11) is 0. The molecule has 0 radical (unpaired) electrons. The minimum atomic E-state index is 0.650. The van der Waals surface area contributed by atoms with E-state index < -0.39 is 0 Å². The largest absolute Gasteiger partial charge is 0.398 e. The van der Waals surface area contributed by atoms with Gasteiger partial charge in [0.1, 0.15) is 0 Å². The fourth-order valence-electron chi connectivity index (χ4n) is 2.22. The molecule has 0 fully saturated rings. The molecule has 2 nitrogen and oxygen atoms in total. The van der Waals surface area contributed by atoms with Gasteiger partial charge in [0.15, 0.2) is 0 Å². The van der Waals surface area contributed by atoms with Gasteiger partial charge in [0.25, 0.3) is 0 Å². The first kappa shape index (κ1) is 15.3. The van der Waals surface area contributed by atoms with Crippen LogP contribution in [0.3, 0.4) is 0 Å². The average Bonchev–Trinajstić information content (AvgIpc) is 2.34. The molecule has 0 aliphatic heterocycles. The zero-order valence-corrected chi connectivity index (χ0v) is 12.3. The fourth-order valence-corrected chi connectivity index (χ4v) is 2.34. The molecule has 3 heteroatoms. The molecule has 0 aliphatic carbocycles. The molecule has 1 aromatic carbocycles. The van der Waals surface area contributed by atoms with Crippen molar-refractivity contribution in [3.8, 4) is 0 Å². The second-order valence-electron chi connectivity index (χ2n) is 4.80. The molecule has 0 bridgehead atoms. The SMILES string of the molecule is CCCN(CCC)CCCc1ccc(Cl)c(N)c1. The maximum atomic E-state index is 5.91. The van der Waals surface area contributed by atoms with Crippen molar-refractivity contribution < 1.29 is 0 Å². The van der Waals surface area contributed by atoms with E-state index in [1.54, 1.807) is 0 Å². The van der Waals surface area contributed by atoms with Crippen molar-refractivity contribution >= 4 is 17.3 Å². The van der Waals surface area contributed by atoms with Crippen LogP contribution in [0.2, 0.25) is 5.02 Å². The van der Waals surface area contributed by atoms with Gasteiger partial charge in [-0.1, -0.05) is 31.5 Å². The molecular formula is C15H25ClN2. The quantitative estimate of drug-likeness (QED) is 0.723. The summed E-state index contributed by atoms with van der Waals surface area (Å²) in [6, 6.07) is 5.96. The molecular weight excluding hydrogens is 244 g/mol. The molecule has 18 heavy (non-hydrogen) atoms. The molecule has 0 aliphatic rings. The van der Waals surface area contributed by atoms with E-state index in [9.17, 15) is 0 Å². The van der Waals surface area contributed by atoms with Crippen molar-refractivity contribution in [2.24, 2.45) is 0 Å². The van der Waals surface area contributed by atoms with Gasteiger partial charge in [-0.25, -0.2) is 0 Å². The maximum absolute atomic E-state index is 5.91. The van der Waals surface area contributed by atoms with Crippen LogP contribution in [0.5, 0.6) is 0 Å². The summed E-state index contributed by atoms with van der Waals surface area (Å²) >= 11 is 5.91. The summed E-state index contributed by atoms with van der Waals surface area (Å²) in [5, 5.41) is 0.650. The van der Waals surface area contributed by atoms with Gasteiger partial charge in [-0.3, -0.25) is 0 Å². The van der Waals surface area contributed by atoms with Crippen LogP contribution in [0.4, 0.5) is 5.69 Å². The number of anilines is 1. The zero-order chi connectivity index (χ0) is 13.4. The number of rotatable bonds is 8. The normalized spacial score (nSPS) is 11.1. The summed E-state index contributed by atoms with van der Waals surface area (Å²) < 4.78 is 0. The van der Waals surface area contributed by atoms with Crippen molar-refractivity contribution in [1.29, 1.82) is 0 Å². The zero-order valence-electron chi connectivity index (χ0n) is 11.6. The number of benzene rings is 1. The predicted octanol–water partition coefficient (Wildman–Crippen LogP) is 3.98. The van der Waals surface area contributed by atoms with Gasteiger partial charge in [0.05, 0.1) is 10.7 Å². The van der Waals surface area contributed by atoms with Crippen molar-refractivity contribution in [1.82, 2.24) is 4.90 Å². The fraction of sp³-hybridized carbons (Fsp3) is 0.600. The van der Waals surface area contributed by atoms with E-state index in [1.807, 2.05) is 12.1 Å². The Hall–Kier alpha value is -0.730. The topological polar surface area (TPSA) is 29.3 Å². The van der Waals surface area contributed by atoms with Gasteiger partial charge in [-0.15, -0.1) is 0 Å². The van der Waals surface area contributed by atoms with Crippen LogP contribution in [-0.2, 0) is 6.42 Å². The third kappa shape index (κ3) is 5.28. The molecule has 0 heterocycles. The Morgan fingerprint density at radius 2 is 1.78 bits per heavy atom. The monoisotopic (exact) mass is 268 g/mol. The first-order valence-corrected chi connectivity index (χ1v) is 7.31. The highest BCUT2D eigenvalue weighted by Gasteiger charge is 2.03. The second-order valence-corrected chi connectivity index (χ2v) is 5.21. The van der Waals surface area contributed by atoms with Crippen LogP contribution in [0.25, 0.3) is 0 Å². The lowest BCUT2D eigenvalue weighted by Crippen LogP contribution is -2.26. The highest BCUT2D eigenvalue weighted by molar-refractivity contribution is 6.33. The lowest BCUT2D eigenvalue weighted by molar-refractivity contribution is 0.271. The summed E-state index contributed by atoms with van der Waals surface area (Å²) in [4.78, 5) is 2.54. The Morgan fingerprint density at radius 1 is 1.11 bits per heavy atom. The van der Waals surface area contributed by atoms with Crippen LogP contribution in [0, 0.1) is 0 Å². The van der Waals surface area contributed by atoms with Gasteiger partial charge in [-0.05, 0) is 63.0 Å². The molecule has 0 unspecified atom stereocenters. The Bertz CT molecular complexity index is 346.